The minimum Gasteiger partial charge on any atom is -0.452 e. The van der Waals surface area contributed by atoms with Crippen molar-refractivity contribution in [3.8, 4) is 0 Å². The monoisotopic (exact) mass is 278 g/mol. The first-order chi connectivity index (χ1) is 9.15. The van der Waals surface area contributed by atoms with E-state index in [9.17, 15) is 4.79 Å². The zero-order valence-corrected chi connectivity index (χ0v) is 11.4. The quantitative estimate of drug-likeness (QED) is 0.870. The van der Waals surface area contributed by atoms with Gasteiger partial charge >= 0.3 is 0 Å². The summed E-state index contributed by atoms with van der Waals surface area (Å²) in [6.07, 6.45) is 2.21. The number of carbonyl (C=O) groups excluding carboxylic acids is 1. The predicted molar refractivity (Wildman–Crippen MR) is 76.5 cm³/mol. The Balaban J connectivity index is 2.39. The van der Waals surface area contributed by atoms with E-state index >= 15 is 0 Å². The van der Waals surface area contributed by atoms with Gasteiger partial charge in [-0.25, -0.2) is 0 Å². The average molecular weight is 279 g/mol. The van der Waals surface area contributed by atoms with E-state index in [1.54, 1.807) is 17.0 Å². The van der Waals surface area contributed by atoms with Gasteiger partial charge in [0.2, 0.25) is 5.22 Å². The van der Waals surface area contributed by atoms with E-state index < -0.39 is 0 Å². The Morgan fingerprint density at radius 3 is 2.68 bits per heavy atom. The average Bonchev–Trinajstić information content (AvgIpc) is 2.82. The first-order valence-electron chi connectivity index (χ1n) is 6.04. The third kappa shape index (κ3) is 2.74. The van der Waals surface area contributed by atoms with Crippen molar-refractivity contribution >= 4 is 28.9 Å². The number of halogens is 1. The first kappa shape index (κ1) is 13.5. The maximum atomic E-state index is 12.5. The van der Waals surface area contributed by atoms with Crippen molar-refractivity contribution in [2.45, 2.75) is 13.3 Å². The number of hydrogen-bond donors (Lipinski definition) is 1. The molecule has 0 saturated carbocycles. The fourth-order valence-electron chi connectivity index (χ4n) is 1.88. The van der Waals surface area contributed by atoms with Crippen molar-refractivity contribution in [1.29, 1.82) is 0 Å². The standard InChI is InChI=1S/C14H15ClN2O2/c1-2-8-17(12-6-4-3-5-11(12)16)14(18)10-7-9-19-13(10)15/h3-7,9H,2,8,16H2,1H3. The molecule has 0 spiro atoms. The summed E-state index contributed by atoms with van der Waals surface area (Å²) in [5.41, 5.74) is 7.52. The van der Waals surface area contributed by atoms with Crippen LogP contribution < -0.4 is 10.6 Å². The molecule has 2 aromatic rings. The minimum absolute atomic E-state index is 0.0978. The number of para-hydroxylation sites is 2. The van der Waals surface area contributed by atoms with Crippen LogP contribution in [-0.2, 0) is 0 Å². The van der Waals surface area contributed by atoms with E-state index in [0.29, 0.717) is 23.5 Å². The van der Waals surface area contributed by atoms with Crippen LogP contribution in [0.1, 0.15) is 23.7 Å². The molecule has 1 aromatic carbocycles. The van der Waals surface area contributed by atoms with Crippen LogP contribution in [0.4, 0.5) is 11.4 Å². The van der Waals surface area contributed by atoms with Crippen LogP contribution in [0.25, 0.3) is 0 Å². The molecule has 2 N–H and O–H groups in total. The van der Waals surface area contributed by atoms with Crippen LogP contribution in [0.15, 0.2) is 41.0 Å². The molecule has 1 heterocycles. The van der Waals surface area contributed by atoms with E-state index in [-0.39, 0.29) is 11.1 Å². The highest BCUT2D eigenvalue weighted by Gasteiger charge is 2.22. The Hall–Kier alpha value is -1.94. The second-order valence-electron chi connectivity index (χ2n) is 4.12. The Morgan fingerprint density at radius 1 is 1.37 bits per heavy atom. The van der Waals surface area contributed by atoms with E-state index in [1.165, 1.54) is 6.26 Å². The van der Waals surface area contributed by atoms with Crippen molar-refractivity contribution in [2.24, 2.45) is 0 Å². The summed E-state index contributed by atoms with van der Waals surface area (Å²) < 4.78 is 4.97. The van der Waals surface area contributed by atoms with Crippen LogP contribution in [0.3, 0.4) is 0 Å². The molecule has 5 heteroatoms. The summed E-state index contributed by atoms with van der Waals surface area (Å²) in [6, 6.07) is 8.82. The largest absolute Gasteiger partial charge is 0.452 e. The minimum atomic E-state index is -0.210. The number of anilines is 2. The summed E-state index contributed by atoms with van der Waals surface area (Å²) in [5.74, 6) is -0.210. The fraction of sp³-hybridized carbons (Fsp3) is 0.214. The van der Waals surface area contributed by atoms with Crippen LogP contribution in [0.2, 0.25) is 5.22 Å². The summed E-state index contributed by atoms with van der Waals surface area (Å²) >= 11 is 5.86. The predicted octanol–water partition coefficient (Wildman–Crippen LogP) is 3.57. The molecular formula is C14H15ClN2O2. The second kappa shape index (κ2) is 5.80. The molecule has 0 atom stereocenters. The van der Waals surface area contributed by atoms with Crippen molar-refractivity contribution < 1.29 is 9.21 Å². The molecule has 4 nitrogen and oxygen atoms in total. The lowest BCUT2D eigenvalue weighted by Crippen LogP contribution is -2.32. The highest BCUT2D eigenvalue weighted by atomic mass is 35.5. The summed E-state index contributed by atoms with van der Waals surface area (Å²) in [5, 5.41) is 0.0978. The zero-order chi connectivity index (χ0) is 13.8. The zero-order valence-electron chi connectivity index (χ0n) is 10.6. The molecule has 1 aromatic heterocycles. The van der Waals surface area contributed by atoms with Gasteiger partial charge in [-0.1, -0.05) is 19.1 Å². The number of furan rings is 1. The number of carbonyl (C=O) groups is 1. The topological polar surface area (TPSA) is 59.5 Å². The van der Waals surface area contributed by atoms with Gasteiger partial charge < -0.3 is 15.1 Å². The molecule has 0 radical (unpaired) electrons. The maximum Gasteiger partial charge on any atom is 0.263 e. The van der Waals surface area contributed by atoms with Crippen LogP contribution in [-0.4, -0.2) is 12.5 Å². The van der Waals surface area contributed by atoms with Gasteiger partial charge in [-0.2, -0.15) is 0 Å². The second-order valence-corrected chi connectivity index (χ2v) is 4.47. The van der Waals surface area contributed by atoms with E-state index in [1.807, 2.05) is 25.1 Å². The van der Waals surface area contributed by atoms with E-state index in [4.69, 9.17) is 21.8 Å². The van der Waals surface area contributed by atoms with Gasteiger partial charge in [-0.15, -0.1) is 0 Å². The van der Waals surface area contributed by atoms with Crippen LogP contribution in [0.5, 0.6) is 0 Å². The number of rotatable bonds is 4. The van der Waals surface area contributed by atoms with Gasteiger partial charge in [0, 0.05) is 6.54 Å². The molecule has 0 unspecified atom stereocenters. The third-order valence-electron chi connectivity index (χ3n) is 2.77. The smallest absolute Gasteiger partial charge is 0.263 e. The molecule has 0 aliphatic rings. The van der Waals surface area contributed by atoms with Crippen molar-refractivity contribution in [3.63, 3.8) is 0 Å². The van der Waals surface area contributed by atoms with E-state index in [0.717, 1.165) is 6.42 Å². The number of nitrogen functional groups attached to an aromatic ring is 1. The van der Waals surface area contributed by atoms with Gasteiger partial charge in [0.1, 0.15) is 0 Å². The number of nitrogens with two attached hydrogens (primary N) is 1. The van der Waals surface area contributed by atoms with Gasteiger partial charge in [-0.3, -0.25) is 4.79 Å². The highest BCUT2D eigenvalue weighted by Crippen LogP contribution is 2.27. The van der Waals surface area contributed by atoms with Gasteiger partial charge in [-0.05, 0) is 36.2 Å². The van der Waals surface area contributed by atoms with Crippen molar-refractivity contribution in [2.75, 3.05) is 17.2 Å². The molecule has 0 aliphatic carbocycles. The molecule has 1 amide bonds. The molecule has 2 rings (SSSR count). The lowest BCUT2D eigenvalue weighted by atomic mass is 10.2. The Labute approximate surface area is 116 Å². The number of hydrogen-bond acceptors (Lipinski definition) is 3. The maximum absolute atomic E-state index is 12.5. The number of amides is 1. The summed E-state index contributed by atoms with van der Waals surface area (Å²) in [7, 11) is 0. The van der Waals surface area contributed by atoms with Gasteiger partial charge in [0.25, 0.3) is 5.91 Å². The number of nitrogens with zero attached hydrogens (tertiary/aromatic N) is 1. The molecule has 0 fully saturated rings. The lowest BCUT2D eigenvalue weighted by Gasteiger charge is -2.23. The molecule has 19 heavy (non-hydrogen) atoms. The molecule has 100 valence electrons. The lowest BCUT2D eigenvalue weighted by molar-refractivity contribution is 0.0986. The highest BCUT2D eigenvalue weighted by molar-refractivity contribution is 6.33. The van der Waals surface area contributed by atoms with Gasteiger partial charge in [0.05, 0.1) is 23.2 Å². The number of benzene rings is 1. The molecule has 0 saturated heterocycles. The van der Waals surface area contributed by atoms with Crippen molar-refractivity contribution in [1.82, 2.24) is 0 Å². The van der Waals surface area contributed by atoms with Crippen LogP contribution in [0, 0.1) is 0 Å². The fourth-order valence-corrected chi connectivity index (χ4v) is 2.08. The summed E-state index contributed by atoms with van der Waals surface area (Å²) in [6.45, 7) is 2.56. The molecule has 0 bridgehead atoms. The van der Waals surface area contributed by atoms with Gasteiger partial charge in [0.15, 0.2) is 0 Å². The normalized spacial score (nSPS) is 10.4. The Bertz CT molecular complexity index is 580. The summed E-state index contributed by atoms with van der Waals surface area (Å²) in [4.78, 5) is 14.1. The Kier molecular flexibility index (Phi) is 4.12. The third-order valence-corrected chi connectivity index (χ3v) is 3.06. The Morgan fingerprint density at radius 2 is 2.11 bits per heavy atom. The van der Waals surface area contributed by atoms with E-state index in [2.05, 4.69) is 0 Å². The molecule has 0 aliphatic heterocycles. The van der Waals surface area contributed by atoms with Crippen LogP contribution >= 0.6 is 11.6 Å². The SMILES string of the molecule is CCCN(C(=O)c1ccoc1Cl)c1ccccc1N. The van der Waals surface area contributed by atoms with Crippen molar-refractivity contribution in [3.05, 3.63) is 47.4 Å². The first-order valence-corrected chi connectivity index (χ1v) is 6.42. The molecular weight excluding hydrogens is 264 g/mol.